The van der Waals surface area contributed by atoms with Gasteiger partial charge < -0.3 is 14.0 Å². The van der Waals surface area contributed by atoms with Crippen molar-refractivity contribution in [2.75, 3.05) is 27.4 Å². The van der Waals surface area contributed by atoms with E-state index in [1.54, 1.807) is 14.2 Å². The molecule has 0 radical (unpaired) electrons. The van der Waals surface area contributed by atoms with E-state index >= 15 is 0 Å². The Kier molecular flexibility index (Phi) is 5.74. The Hall–Kier alpha value is -2.63. The first-order valence-corrected chi connectivity index (χ1v) is 9.71. The van der Waals surface area contributed by atoms with Gasteiger partial charge in [0.25, 0.3) is 0 Å². The van der Waals surface area contributed by atoms with E-state index in [9.17, 15) is 0 Å². The van der Waals surface area contributed by atoms with Gasteiger partial charge in [0, 0.05) is 45.7 Å². The van der Waals surface area contributed by atoms with Crippen molar-refractivity contribution in [3.63, 3.8) is 0 Å². The van der Waals surface area contributed by atoms with Gasteiger partial charge in [0.2, 0.25) is 0 Å². The predicted molar refractivity (Wildman–Crippen MR) is 109 cm³/mol. The number of fused-ring (bicyclic) bond motifs is 1. The van der Waals surface area contributed by atoms with Crippen molar-refractivity contribution in [1.29, 1.82) is 0 Å². The number of aromatic nitrogens is 2. The summed E-state index contributed by atoms with van der Waals surface area (Å²) in [7, 11) is 3.44. The van der Waals surface area contributed by atoms with E-state index in [4.69, 9.17) is 14.5 Å². The van der Waals surface area contributed by atoms with E-state index in [2.05, 4.69) is 52.1 Å². The Labute approximate surface area is 166 Å². The van der Waals surface area contributed by atoms with Crippen LogP contribution in [0, 0.1) is 0 Å². The molecule has 0 N–H and O–H groups in total. The monoisotopic (exact) mass is 377 g/mol. The number of benzene rings is 2. The van der Waals surface area contributed by atoms with Gasteiger partial charge in [0.15, 0.2) is 0 Å². The molecule has 0 saturated carbocycles. The molecule has 28 heavy (non-hydrogen) atoms. The molecule has 0 saturated heterocycles. The van der Waals surface area contributed by atoms with Gasteiger partial charge in [0.1, 0.15) is 11.6 Å². The van der Waals surface area contributed by atoms with Crippen molar-refractivity contribution < 1.29 is 9.47 Å². The Bertz CT molecular complexity index is 904. The van der Waals surface area contributed by atoms with Crippen LogP contribution in [-0.4, -0.2) is 41.8 Å². The number of rotatable bonds is 7. The summed E-state index contributed by atoms with van der Waals surface area (Å²) in [6, 6.07) is 17.1. The second kappa shape index (κ2) is 8.59. The fraction of sp³-hybridized carbons (Fsp3) is 0.348. The first-order valence-electron chi connectivity index (χ1n) is 9.71. The molecule has 2 heterocycles. The first kappa shape index (κ1) is 18.7. The lowest BCUT2D eigenvalue weighted by Gasteiger charge is -2.34. The van der Waals surface area contributed by atoms with Gasteiger partial charge in [-0.05, 0) is 28.8 Å². The van der Waals surface area contributed by atoms with Crippen molar-refractivity contribution in [3.8, 4) is 5.75 Å². The largest absolute Gasteiger partial charge is 0.497 e. The topological polar surface area (TPSA) is 39.5 Å². The molecule has 0 bridgehead atoms. The highest BCUT2D eigenvalue weighted by Gasteiger charge is 2.29. The molecule has 5 nitrogen and oxygen atoms in total. The van der Waals surface area contributed by atoms with E-state index < -0.39 is 0 Å². The Morgan fingerprint density at radius 3 is 2.68 bits per heavy atom. The first-order chi connectivity index (χ1) is 13.8. The van der Waals surface area contributed by atoms with E-state index in [1.165, 1.54) is 16.7 Å². The fourth-order valence-corrected chi connectivity index (χ4v) is 4.02. The van der Waals surface area contributed by atoms with Gasteiger partial charge in [-0.25, -0.2) is 4.98 Å². The quantitative estimate of drug-likeness (QED) is 0.630. The van der Waals surface area contributed by atoms with Crippen LogP contribution in [0.5, 0.6) is 5.75 Å². The molecule has 0 amide bonds. The number of ether oxygens (including phenoxy) is 2. The molecule has 146 valence electrons. The van der Waals surface area contributed by atoms with Crippen molar-refractivity contribution in [1.82, 2.24) is 14.5 Å². The summed E-state index contributed by atoms with van der Waals surface area (Å²) < 4.78 is 12.8. The summed E-state index contributed by atoms with van der Waals surface area (Å²) in [6.07, 6.45) is 3.95. The van der Waals surface area contributed by atoms with Crippen LogP contribution >= 0.6 is 0 Å². The summed E-state index contributed by atoms with van der Waals surface area (Å²) in [6.45, 7) is 4.33. The maximum absolute atomic E-state index is 5.28. The zero-order chi connectivity index (χ0) is 19.3. The van der Waals surface area contributed by atoms with Crippen molar-refractivity contribution in [2.45, 2.75) is 25.6 Å². The van der Waals surface area contributed by atoms with E-state index in [1.807, 2.05) is 18.3 Å². The summed E-state index contributed by atoms with van der Waals surface area (Å²) in [5.74, 6) is 2.27. The molecule has 0 spiro atoms. The van der Waals surface area contributed by atoms with Gasteiger partial charge >= 0.3 is 0 Å². The van der Waals surface area contributed by atoms with Crippen LogP contribution in [0.1, 0.15) is 28.4 Å². The maximum Gasteiger partial charge on any atom is 0.118 e. The highest BCUT2D eigenvalue weighted by Crippen LogP contribution is 2.33. The van der Waals surface area contributed by atoms with E-state index in [0.29, 0.717) is 6.61 Å². The molecule has 3 aromatic rings. The minimum atomic E-state index is 0.259. The summed E-state index contributed by atoms with van der Waals surface area (Å²) in [4.78, 5) is 7.22. The predicted octanol–water partition coefficient (Wildman–Crippen LogP) is 3.69. The second-order valence-corrected chi connectivity index (χ2v) is 7.24. The third-order valence-electron chi connectivity index (χ3n) is 5.43. The van der Waals surface area contributed by atoms with E-state index in [-0.39, 0.29) is 5.92 Å². The summed E-state index contributed by atoms with van der Waals surface area (Å²) >= 11 is 0. The summed E-state index contributed by atoms with van der Waals surface area (Å²) in [5, 5.41) is 0. The lowest BCUT2D eigenvalue weighted by Crippen LogP contribution is -2.35. The second-order valence-electron chi connectivity index (χ2n) is 7.24. The van der Waals surface area contributed by atoms with E-state index in [0.717, 1.165) is 37.8 Å². The molecule has 1 aliphatic heterocycles. The maximum atomic E-state index is 5.28. The van der Waals surface area contributed by atoms with Gasteiger partial charge in [-0.2, -0.15) is 0 Å². The molecule has 0 fully saturated rings. The lowest BCUT2D eigenvalue weighted by atomic mass is 9.88. The van der Waals surface area contributed by atoms with Gasteiger partial charge in [-0.15, -0.1) is 0 Å². The Morgan fingerprint density at radius 2 is 1.89 bits per heavy atom. The molecule has 0 aliphatic carbocycles. The van der Waals surface area contributed by atoms with Gasteiger partial charge in [-0.1, -0.05) is 36.4 Å². The van der Waals surface area contributed by atoms with Crippen molar-refractivity contribution in [2.24, 2.45) is 0 Å². The number of imidazole rings is 1. The molecule has 4 rings (SSSR count). The van der Waals surface area contributed by atoms with Crippen LogP contribution in [0.4, 0.5) is 0 Å². The number of hydrogen-bond acceptors (Lipinski definition) is 4. The molecule has 5 heteroatoms. The van der Waals surface area contributed by atoms with Crippen LogP contribution in [0.25, 0.3) is 0 Å². The highest BCUT2D eigenvalue weighted by atomic mass is 16.5. The molecular formula is C23H27N3O2. The third-order valence-corrected chi connectivity index (χ3v) is 5.43. The van der Waals surface area contributed by atoms with Gasteiger partial charge in [0.05, 0.1) is 19.6 Å². The zero-order valence-electron chi connectivity index (χ0n) is 16.5. The molecule has 2 aromatic carbocycles. The van der Waals surface area contributed by atoms with Crippen LogP contribution in [0.3, 0.4) is 0 Å². The molecule has 1 aromatic heterocycles. The number of hydrogen-bond donors (Lipinski definition) is 0. The SMILES string of the molecule is COCCn1ccnc1C1CN(Cc2ccc(OC)cc2)Cc2ccccc21. The normalized spacial score (nSPS) is 16.7. The number of methoxy groups -OCH3 is 2. The van der Waals surface area contributed by atoms with Crippen LogP contribution < -0.4 is 4.74 Å². The average Bonchev–Trinajstić information content (AvgIpc) is 3.20. The fourth-order valence-electron chi connectivity index (χ4n) is 4.02. The standard InChI is InChI=1S/C23H27N3O2/c1-27-14-13-26-12-11-24-23(26)22-17-25(16-19-5-3-4-6-21(19)22)15-18-7-9-20(28-2)10-8-18/h3-12,22H,13-17H2,1-2H3. The third kappa shape index (κ3) is 3.96. The minimum Gasteiger partial charge on any atom is -0.497 e. The molecule has 1 atom stereocenters. The lowest BCUT2D eigenvalue weighted by molar-refractivity contribution is 0.184. The van der Waals surface area contributed by atoms with Crippen molar-refractivity contribution in [3.05, 3.63) is 83.4 Å². The van der Waals surface area contributed by atoms with Crippen LogP contribution in [0.15, 0.2) is 60.9 Å². The minimum absolute atomic E-state index is 0.259. The van der Waals surface area contributed by atoms with Crippen LogP contribution in [-0.2, 0) is 24.4 Å². The highest BCUT2D eigenvalue weighted by molar-refractivity contribution is 5.37. The average molecular weight is 377 g/mol. The number of nitrogens with zero attached hydrogens (tertiary/aromatic N) is 3. The Morgan fingerprint density at radius 1 is 1.07 bits per heavy atom. The molecular weight excluding hydrogens is 350 g/mol. The zero-order valence-corrected chi connectivity index (χ0v) is 16.5. The Balaban J connectivity index is 1.60. The smallest absolute Gasteiger partial charge is 0.118 e. The van der Waals surface area contributed by atoms with Gasteiger partial charge in [-0.3, -0.25) is 4.90 Å². The van der Waals surface area contributed by atoms with Crippen molar-refractivity contribution >= 4 is 0 Å². The molecule has 1 unspecified atom stereocenters. The van der Waals surface area contributed by atoms with Crippen LogP contribution in [0.2, 0.25) is 0 Å². The molecule has 1 aliphatic rings. The summed E-state index contributed by atoms with van der Waals surface area (Å²) in [5.41, 5.74) is 4.06.